The molecule has 4 heteroatoms. The van der Waals surface area contributed by atoms with Gasteiger partial charge >= 0.3 is 0 Å². The summed E-state index contributed by atoms with van der Waals surface area (Å²) >= 11 is 0. The van der Waals surface area contributed by atoms with Gasteiger partial charge in [-0.25, -0.2) is 0 Å². The maximum absolute atomic E-state index is 12.7. The summed E-state index contributed by atoms with van der Waals surface area (Å²) in [6.07, 6.45) is 4.26. The smallest absolute Gasteiger partial charge is 0.226 e. The number of carbonyl (C=O) groups excluding carboxylic acids is 2. The lowest BCUT2D eigenvalue weighted by Gasteiger charge is -2.21. The van der Waals surface area contributed by atoms with Crippen LogP contribution in [-0.4, -0.2) is 16.3 Å². The average molecular weight is 346 g/mol. The van der Waals surface area contributed by atoms with Crippen molar-refractivity contribution in [2.75, 3.05) is 5.32 Å². The predicted molar refractivity (Wildman–Crippen MR) is 103 cm³/mol. The fourth-order valence-corrected chi connectivity index (χ4v) is 3.10. The monoisotopic (exact) mass is 346 g/mol. The number of hydrogen-bond acceptors (Lipinski definition) is 2. The maximum atomic E-state index is 12.7. The second-order valence-electron chi connectivity index (χ2n) is 6.39. The number of Topliss-reactive ketones (excluding diaryl/α,β-unsaturated/α-hetero) is 1. The molecule has 2 aromatic carbocycles. The molecule has 26 heavy (non-hydrogen) atoms. The van der Waals surface area contributed by atoms with Gasteiger partial charge in [0.2, 0.25) is 5.91 Å². The van der Waals surface area contributed by atoms with E-state index in [9.17, 15) is 9.59 Å². The number of rotatable bonds is 6. The lowest BCUT2D eigenvalue weighted by Crippen LogP contribution is -2.20. The Labute approximate surface area is 153 Å². The van der Waals surface area contributed by atoms with E-state index in [1.165, 1.54) is 6.92 Å². The van der Waals surface area contributed by atoms with Crippen molar-refractivity contribution in [3.05, 3.63) is 89.7 Å². The molecule has 4 nitrogen and oxygen atoms in total. The number of nitrogens with zero attached hydrogens (tertiary/aromatic N) is 1. The zero-order chi connectivity index (χ0) is 18.5. The average Bonchev–Trinajstić information content (AvgIpc) is 3.15. The molecule has 0 aliphatic carbocycles. The number of anilines is 1. The van der Waals surface area contributed by atoms with Crippen LogP contribution in [0.3, 0.4) is 0 Å². The molecule has 0 unspecified atom stereocenters. The third kappa shape index (κ3) is 4.09. The van der Waals surface area contributed by atoms with Crippen molar-refractivity contribution in [1.82, 2.24) is 4.57 Å². The van der Waals surface area contributed by atoms with Crippen molar-refractivity contribution >= 4 is 17.4 Å². The van der Waals surface area contributed by atoms with Gasteiger partial charge in [-0.15, -0.1) is 0 Å². The molecular formula is C22H22N2O2. The second-order valence-corrected chi connectivity index (χ2v) is 6.39. The van der Waals surface area contributed by atoms with Gasteiger partial charge in [-0.1, -0.05) is 36.4 Å². The largest absolute Gasteiger partial charge is 0.346 e. The van der Waals surface area contributed by atoms with Crippen LogP contribution in [0.25, 0.3) is 0 Å². The number of amides is 1. The SMILES string of the molecule is CC(=O)c1cccc(NC(=O)C[C@@H](c2ccccc2C)n2cccc2)c1. The summed E-state index contributed by atoms with van der Waals surface area (Å²) in [7, 11) is 0. The molecule has 0 saturated carbocycles. The predicted octanol–water partition coefficient (Wildman–Crippen LogP) is 4.62. The summed E-state index contributed by atoms with van der Waals surface area (Å²) in [4.78, 5) is 24.2. The number of carbonyl (C=O) groups is 2. The summed E-state index contributed by atoms with van der Waals surface area (Å²) < 4.78 is 2.05. The Morgan fingerprint density at radius 1 is 1.00 bits per heavy atom. The van der Waals surface area contributed by atoms with Gasteiger partial charge in [0.25, 0.3) is 0 Å². The highest BCUT2D eigenvalue weighted by atomic mass is 16.1. The normalized spacial score (nSPS) is 11.8. The fraction of sp³-hybridized carbons (Fsp3) is 0.182. The number of aromatic nitrogens is 1. The third-order valence-corrected chi connectivity index (χ3v) is 4.47. The Morgan fingerprint density at radius 2 is 1.73 bits per heavy atom. The van der Waals surface area contributed by atoms with E-state index < -0.39 is 0 Å². The lowest BCUT2D eigenvalue weighted by molar-refractivity contribution is -0.116. The zero-order valence-corrected chi connectivity index (χ0v) is 15.0. The Morgan fingerprint density at radius 3 is 2.42 bits per heavy atom. The minimum Gasteiger partial charge on any atom is -0.346 e. The van der Waals surface area contributed by atoms with E-state index >= 15 is 0 Å². The van der Waals surface area contributed by atoms with E-state index in [0.717, 1.165) is 11.1 Å². The van der Waals surface area contributed by atoms with Gasteiger partial charge in [0.05, 0.1) is 12.5 Å². The van der Waals surface area contributed by atoms with Crippen LogP contribution in [0, 0.1) is 6.92 Å². The molecule has 1 amide bonds. The summed E-state index contributed by atoms with van der Waals surface area (Å²) in [5, 5.41) is 2.91. The van der Waals surface area contributed by atoms with Gasteiger partial charge < -0.3 is 9.88 Å². The van der Waals surface area contributed by atoms with E-state index in [2.05, 4.69) is 24.4 Å². The molecule has 0 saturated heterocycles. The van der Waals surface area contributed by atoms with E-state index in [1.54, 1.807) is 24.3 Å². The highest BCUT2D eigenvalue weighted by Gasteiger charge is 2.19. The van der Waals surface area contributed by atoms with Gasteiger partial charge in [0, 0.05) is 23.6 Å². The van der Waals surface area contributed by atoms with Crippen molar-refractivity contribution in [3.63, 3.8) is 0 Å². The molecule has 0 aliphatic rings. The first-order chi connectivity index (χ1) is 12.5. The summed E-state index contributed by atoms with van der Waals surface area (Å²) in [5.41, 5.74) is 3.50. The van der Waals surface area contributed by atoms with Gasteiger partial charge in [-0.05, 0) is 49.2 Å². The molecule has 1 aromatic heterocycles. The summed E-state index contributed by atoms with van der Waals surface area (Å²) in [6, 6.07) is 19.0. The van der Waals surface area contributed by atoms with Crippen LogP contribution in [0.5, 0.6) is 0 Å². The molecular weight excluding hydrogens is 324 g/mol. The Hall–Kier alpha value is -3.14. The van der Waals surface area contributed by atoms with E-state index in [-0.39, 0.29) is 17.7 Å². The summed E-state index contributed by atoms with van der Waals surface area (Å²) in [5.74, 6) is -0.112. The minimum absolute atomic E-state index is 0.0220. The van der Waals surface area contributed by atoms with Crippen LogP contribution >= 0.6 is 0 Å². The maximum Gasteiger partial charge on any atom is 0.226 e. The Balaban J connectivity index is 1.81. The minimum atomic E-state index is -0.0901. The fourth-order valence-electron chi connectivity index (χ4n) is 3.10. The number of benzene rings is 2. The van der Waals surface area contributed by atoms with E-state index in [1.807, 2.05) is 41.2 Å². The van der Waals surface area contributed by atoms with Crippen LogP contribution in [0.4, 0.5) is 5.69 Å². The molecule has 0 radical (unpaired) electrons. The number of hydrogen-bond donors (Lipinski definition) is 1. The van der Waals surface area contributed by atoms with Crippen molar-refractivity contribution < 1.29 is 9.59 Å². The molecule has 0 spiro atoms. The number of ketones is 1. The Kier molecular flexibility index (Phi) is 5.32. The molecule has 132 valence electrons. The Bertz CT molecular complexity index is 913. The van der Waals surface area contributed by atoms with Crippen LogP contribution in [0.2, 0.25) is 0 Å². The topological polar surface area (TPSA) is 51.1 Å². The van der Waals surface area contributed by atoms with Crippen LogP contribution in [0.15, 0.2) is 73.1 Å². The van der Waals surface area contributed by atoms with Crippen molar-refractivity contribution in [2.45, 2.75) is 26.3 Å². The highest BCUT2D eigenvalue weighted by Crippen LogP contribution is 2.26. The molecule has 1 N–H and O–H groups in total. The molecule has 1 atom stereocenters. The highest BCUT2D eigenvalue weighted by molar-refractivity contribution is 5.97. The summed E-state index contributed by atoms with van der Waals surface area (Å²) in [6.45, 7) is 3.57. The van der Waals surface area contributed by atoms with Crippen LogP contribution in [0.1, 0.15) is 40.9 Å². The zero-order valence-electron chi connectivity index (χ0n) is 15.0. The van der Waals surface area contributed by atoms with Crippen molar-refractivity contribution in [3.8, 4) is 0 Å². The van der Waals surface area contributed by atoms with E-state index in [0.29, 0.717) is 17.7 Å². The van der Waals surface area contributed by atoms with Crippen LogP contribution in [-0.2, 0) is 4.79 Å². The first kappa shape index (κ1) is 17.7. The first-order valence-electron chi connectivity index (χ1n) is 8.63. The quantitative estimate of drug-likeness (QED) is 0.662. The van der Waals surface area contributed by atoms with Gasteiger partial charge in [0.15, 0.2) is 5.78 Å². The van der Waals surface area contributed by atoms with Crippen molar-refractivity contribution in [2.24, 2.45) is 0 Å². The molecule has 1 heterocycles. The standard InChI is InChI=1S/C22H22N2O2/c1-16-8-3-4-11-20(16)21(24-12-5-6-13-24)15-22(26)23-19-10-7-9-18(14-19)17(2)25/h3-14,21H,15H2,1-2H3,(H,23,26)/t21-/m0/s1. The van der Waals surface area contributed by atoms with Gasteiger partial charge in [-0.2, -0.15) is 0 Å². The lowest BCUT2D eigenvalue weighted by atomic mass is 9.98. The molecule has 3 rings (SSSR count). The number of nitrogens with one attached hydrogen (secondary N) is 1. The molecule has 0 fully saturated rings. The number of aryl methyl sites for hydroxylation is 1. The van der Waals surface area contributed by atoms with Crippen molar-refractivity contribution in [1.29, 1.82) is 0 Å². The van der Waals surface area contributed by atoms with Gasteiger partial charge in [0.1, 0.15) is 0 Å². The molecule has 0 bridgehead atoms. The van der Waals surface area contributed by atoms with Gasteiger partial charge in [-0.3, -0.25) is 9.59 Å². The third-order valence-electron chi connectivity index (χ3n) is 4.47. The molecule has 0 aliphatic heterocycles. The molecule has 3 aromatic rings. The van der Waals surface area contributed by atoms with E-state index in [4.69, 9.17) is 0 Å². The van der Waals surface area contributed by atoms with Crippen LogP contribution < -0.4 is 5.32 Å². The first-order valence-corrected chi connectivity index (χ1v) is 8.63. The second kappa shape index (κ2) is 7.83.